The molecule has 0 N–H and O–H groups in total. The van der Waals surface area contributed by atoms with Gasteiger partial charge in [-0.1, -0.05) is 220 Å². The van der Waals surface area contributed by atoms with Crippen molar-refractivity contribution in [1.29, 1.82) is 0 Å². The Morgan fingerprint density at radius 2 is 0.550 bits per heavy atom. The van der Waals surface area contributed by atoms with Crippen molar-refractivity contribution in [2.45, 2.75) is 37.0 Å². The molecule has 4 aromatic heterocycles. The monoisotopic (exact) mass is 1090 g/mol. The lowest BCUT2D eigenvalue weighted by molar-refractivity contribution is 0.647. The van der Waals surface area contributed by atoms with E-state index in [2.05, 4.69) is 290 Å². The van der Waals surface area contributed by atoms with E-state index in [-0.39, 0.29) is 0 Å². The zero-order chi connectivity index (χ0) is 53.3. The summed E-state index contributed by atoms with van der Waals surface area (Å²) in [5, 5.41) is 11.2. The van der Waals surface area contributed by atoms with Gasteiger partial charge in [-0.3, -0.25) is 0 Å². The van der Waals surface area contributed by atoms with Gasteiger partial charge in [0.25, 0.3) is 0 Å². The number of fused-ring (bicyclic) bond motifs is 20. The molecule has 0 unspecified atom stereocenters. The first-order valence-electron chi connectivity index (χ1n) is 28.1. The topological polar surface area (TPSA) is 9.86 Å². The Kier molecular flexibility index (Phi) is 9.66. The zero-order valence-electron chi connectivity index (χ0n) is 45.0. The summed E-state index contributed by atoms with van der Waals surface area (Å²) in [5.41, 5.74) is 17.2. The molecule has 2 nitrogen and oxygen atoms in total. The minimum atomic E-state index is -2.22. The van der Waals surface area contributed by atoms with Crippen molar-refractivity contribution in [3.63, 3.8) is 0 Å². The fraction of sp³-hybridized carbons (Fsp3) is 0.0811. The van der Waals surface area contributed by atoms with Crippen LogP contribution in [-0.4, -0.2) is 25.3 Å². The maximum absolute atomic E-state index is 2.66. The van der Waals surface area contributed by atoms with Gasteiger partial charge in [0.1, 0.15) is 16.1 Å². The van der Waals surface area contributed by atoms with Crippen molar-refractivity contribution in [3.05, 3.63) is 298 Å². The molecule has 0 bridgehead atoms. The highest BCUT2D eigenvalue weighted by molar-refractivity contribution is 7.17. The summed E-state index contributed by atoms with van der Waals surface area (Å²) in [6, 6.07) is 98.2. The molecule has 0 atom stereocenters. The molecule has 0 saturated heterocycles. The molecule has 2 spiro atoms. The van der Waals surface area contributed by atoms with Gasteiger partial charge in [0.05, 0.1) is 32.9 Å². The summed E-state index contributed by atoms with van der Waals surface area (Å²) in [5.74, 6) is 0. The maximum Gasteiger partial charge on any atom is 0.113 e. The molecule has 380 valence electrons. The molecule has 0 radical (unpaired) electrons. The van der Waals surface area contributed by atoms with Crippen LogP contribution in [0.2, 0.25) is 26.2 Å². The zero-order valence-corrected chi connectivity index (χ0v) is 48.6. The molecule has 3 aliphatic rings. The van der Waals surface area contributed by atoms with Gasteiger partial charge >= 0.3 is 0 Å². The number of nitrogens with zero attached hydrogens (tertiary/aromatic N) is 2. The quantitative estimate of drug-likeness (QED) is 0.155. The van der Waals surface area contributed by atoms with Crippen LogP contribution in [0.25, 0.3) is 75.9 Å². The third-order valence-electron chi connectivity index (χ3n) is 19.0. The Morgan fingerprint density at radius 1 is 0.287 bits per heavy atom. The van der Waals surface area contributed by atoms with Crippen molar-refractivity contribution in [2.24, 2.45) is 0 Å². The minimum absolute atomic E-state index is 0.594. The lowest BCUT2D eigenvalue weighted by atomic mass is 9.55. The third kappa shape index (κ3) is 5.91. The van der Waals surface area contributed by atoms with Gasteiger partial charge in [-0.2, -0.15) is 0 Å². The van der Waals surface area contributed by atoms with Crippen LogP contribution in [-0.2, 0) is 10.8 Å². The molecule has 0 amide bonds. The first-order chi connectivity index (χ1) is 39.2. The average molecular weight is 1090 g/mol. The van der Waals surface area contributed by atoms with Crippen molar-refractivity contribution in [1.82, 2.24) is 9.13 Å². The van der Waals surface area contributed by atoms with Gasteiger partial charge in [-0.05, 0) is 126 Å². The van der Waals surface area contributed by atoms with E-state index < -0.39 is 27.0 Å². The Hall–Kier alpha value is -8.37. The molecule has 17 rings (SSSR count). The second-order valence-electron chi connectivity index (χ2n) is 23.5. The van der Waals surface area contributed by atoms with Crippen LogP contribution in [0.3, 0.4) is 0 Å². The molecule has 6 heterocycles. The van der Waals surface area contributed by atoms with E-state index in [4.69, 9.17) is 0 Å². The maximum atomic E-state index is 2.66. The first kappa shape index (κ1) is 46.5. The van der Waals surface area contributed by atoms with E-state index in [0.717, 1.165) is 0 Å². The van der Waals surface area contributed by atoms with Crippen LogP contribution in [0.4, 0.5) is 0 Å². The number of aromatic nitrogens is 2. The highest BCUT2D eigenvalue weighted by Crippen LogP contribution is 2.66. The summed E-state index contributed by atoms with van der Waals surface area (Å²) >= 11 is 4.08. The first-order valence-corrected chi connectivity index (χ1v) is 35.7. The largest absolute Gasteiger partial charge is 0.309 e. The fourth-order valence-corrected chi connectivity index (χ4v) is 24.8. The van der Waals surface area contributed by atoms with Crippen molar-refractivity contribution in [2.75, 3.05) is 0 Å². The molecule has 10 aromatic carbocycles. The van der Waals surface area contributed by atoms with E-state index in [1.807, 2.05) is 22.7 Å². The standard InChI is InChI=1S/C74H54N2S2Si2/c1-79(2)67-33-17-9-25-55(67)73(56-26-10-18-34-68(56)79)59-45-65(47-37-41-49(42-38-47)75-61-29-13-5-21-51(61)52-22-6-14-30-62(52)75)78-72(59)74(57-27-11-19-35-69(57)80(3,4)70-36-20-12-28-58(70)74)60-46-66(77-71(60)73)48-39-43-50(44-40-48)76-63-31-15-7-23-53(63)54-24-8-16-32-64(54)76/h5-46H,1-4H3. The summed E-state index contributed by atoms with van der Waals surface area (Å²) in [6.07, 6.45) is 0. The van der Waals surface area contributed by atoms with Crippen molar-refractivity contribution in [3.8, 4) is 32.3 Å². The Labute approximate surface area is 476 Å². The van der Waals surface area contributed by atoms with Crippen LogP contribution in [0, 0.1) is 0 Å². The number of para-hydroxylation sites is 4. The van der Waals surface area contributed by atoms with Gasteiger partial charge in [0.15, 0.2) is 0 Å². The van der Waals surface area contributed by atoms with Crippen LogP contribution >= 0.6 is 22.7 Å². The summed E-state index contributed by atoms with van der Waals surface area (Å²) in [7, 11) is -4.43. The number of rotatable bonds is 4. The molecule has 6 heteroatoms. The van der Waals surface area contributed by atoms with Crippen LogP contribution in [0.5, 0.6) is 0 Å². The van der Waals surface area contributed by atoms with Gasteiger partial charge < -0.3 is 9.13 Å². The van der Waals surface area contributed by atoms with Gasteiger partial charge in [0.2, 0.25) is 0 Å². The predicted molar refractivity (Wildman–Crippen MR) is 345 cm³/mol. The van der Waals surface area contributed by atoms with Gasteiger partial charge in [-0.25, -0.2) is 0 Å². The van der Waals surface area contributed by atoms with Crippen LogP contribution < -0.4 is 20.7 Å². The number of hydrogen-bond donors (Lipinski definition) is 0. The molecule has 0 fully saturated rings. The smallest absolute Gasteiger partial charge is 0.113 e. The van der Waals surface area contributed by atoms with Crippen molar-refractivity contribution < 1.29 is 0 Å². The van der Waals surface area contributed by atoms with E-state index in [1.54, 1.807) is 0 Å². The number of thiophene rings is 2. The Bertz CT molecular complexity index is 4350. The second-order valence-corrected chi connectivity index (χ2v) is 34.2. The average Bonchev–Trinajstić information content (AvgIpc) is 4.43. The van der Waals surface area contributed by atoms with Crippen molar-refractivity contribution >= 4 is 103 Å². The molecule has 14 aromatic rings. The number of benzene rings is 10. The molecule has 80 heavy (non-hydrogen) atoms. The predicted octanol–water partition coefficient (Wildman–Crippen LogP) is 16.7. The van der Waals surface area contributed by atoms with Crippen LogP contribution in [0.1, 0.15) is 43.1 Å². The summed E-state index contributed by atoms with van der Waals surface area (Å²) in [6.45, 7) is 10.3. The highest BCUT2D eigenvalue weighted by atomic mass is 32.1. The highest BCUT2D eigenvalue weighted by Gasteiger charge is 2.62. The van der Waals surface area contributed by atoms with Gasteiger partial charge in [0, 0.05) is 52.4 Å². The number of hydrogen-bond acceptors (Lipinski definition) is 2. The van der Waals surface area contributed by atoms with E-state index in [9.17, 15) is 0 Å². The summed E-state index contributed by atoms with van der Waals surface area (Å²) in [4.78, 5) is 5.47. The fourth-order valence-electron chi connectivity index (χ4n) is 15.4. The molecule has 0 saturated carbocycles. The second kappa shape index (κ2) is 16.6. The molecular formula is C74H54N2S2Si2. The van der Waals surface area contributed by atoms with E-state index in [0.29, 0.717) is 0 Å². The normalized spacial score (nSPS) is 15.7. The molecule has 1 aliphatic carbocycles. The minimum Gasteiger partial charge on any atom is -0.309 e. The Balaban J connectivity index is 0.958. The third-order valence-corrected chi connectivity index (χ3v) is 28.7. The lowest BCUT2D eigenvalue weighted by Gasteiger charge is -2.54. The molecule has 2 aliphatic heterocycles. The lowest BCUT2D eigenvalue weighted by Crippen LogP contribution is -2.66. The molecular weight excluding hydrogens is 1040 g/mol. The van der Waals surface area contributed by atoms with Gasteiger partial charge in [-0.15, -0.1) is 22.7 Å². The van der Waals surface area contributed by atoms with E-state index >= 15 is 0 Å². The van der Waals surface area contributed by atoms with E-state index in [1.165, 1.54) is 140 Å². The Morgan fingerprint density at radius 3 is 0.850 bits per heavy atom. The summed E-state index contributed by atoms with van der Waals surface area (Å²) < 4.78 is 4.88. The SMILES string of the molecule is C[Si]1(C)c2ccccc2C2(c3ccccc31)c1cc(-c3ccc(-n4c5ccccc5c5ccccc54)cc3)sc1C1(c3ccccc3[Si](C)(C)c3ccccc31)c1cc(-c3ccc(-n4c5ccccc5c5ccccc54)cc3)sc12. The van der Waals surface area contributed by atoms with Crippen LogP contribution in [0.15, 0.2) is 255 Å².